The van der Waals surface area contributed by atoms with Crippen LogP contribution in [0.2, 0.25) is 0 Å². The zero-order chi connectivity index (χ0) is 34.0. The van der Waals surface area contributed by atoms with Crippen LogP contribution in [0.3, 0.4) is 0 Å². The van der Waals surface area contributed by atoms with Crippen molar-refractivity contribution in [3.05, 3.63) is 110 Å². The van der Waals surface area contributed by atoms with Crippen molar-refractivity contribution in [2.24, 2.45) is 5.11 Å². The van der Waals surface area contributed by atoms with Gasteiger partial charge in [-0.05, 0) is 49.9 Å². The van der Waals surface area contributed by atoms with Crippen molar-refractivity contribution in [2.45, 2.75) is 81.6 Å². The molecule has 48 heavy (non-hydrogen) atoms. The van der Waals surface area contributed by atoms with Gasteiger partial charge in [-0.15, -0.1) is 0 Å². The quantitative estimate of drug-likeness (QED) is 0.0898. The standard InChI is InChI=1S/C31H35N6O10P/c1-29(2,27(39)42-19-21-11-5-3-6-12-21)35-48(41,47-22-13-7-4-8-14-22)43-20-31(34-36-32)25-24(44-30(45-25)16-9-10-17-30)26(46-31)37-18-15-23(38)33-28(37)40/h3-8,11-15,18,24-26H,9-10,16-17,19-20H2,1-2H3,(H,35,41)(H,33,38,40)/t24-,25+,26-,31-,48?/m1/s1. The molecule has 17 heteroatoms. The summed E-state index contributed by atoms with van der Waals surface area (Å²) in [7, 11) is -4.54. The fourth-order valence-corrected chi connectivity index (χ4v) is 7.69. The van der Waals surface area contributed by atoms with Crippen LogP contribution in [0.4, 0.5) is 0 Å². The maximum Gasteiger partial charge on any atom is 0.459 e. The molecule has 5 atom stereocenters. The number of carbonyl (C=O) groups is 1. The smallest absolute Gasteiger partial charge is 0.459 e. The molecule has 3 heterocycles. The first-order valence-corrected chi connectivity index (χ1v) is 16.9. The number of carbonyl (C=O) groups excluding carboxylic acids is 1. The number of para-hydroxylation sites is 1. The second kappa shape index (κ2) is 13.3. The van der Waals surface area contributed by atoms with E-state index in [1.165, 1.54) is 20.0 Å². The summed E-state index contributed by atoms with van der Waals surface area (Å²) in [6, 6.07) is 18.3. The van der Waals surface area contributed by atoms with Crippen LogP contribution in [0, 0.1) is 0 Å². The average molecular weight is 683 g/mol. The second-order valence-electron chi connectivity index (χ2n) is 12.3. The van der Waals surface area contributed by atoms with Gasteiger partial charge in [-0.1, -0.05) is 53.6 Å². The highest BCUT2D eigenvalue weighted by Crippen LogP contribution is 2.55. The maximum atomic E-state index is 14.5. The largest absolute Gasteiger partial charge is 0.459 e. The number of ether oxygens (including phenoxy) is 4. The number of azide groups is 1. The van der Waals surface area contributed by atoms with E-state index in [1.54, 1.807) is 42.5 Å². The van der Waals surface area contributed by atoms with Crippen molar-refractivity contribution < 1.29 is 37.4 Å². The zero-order valence-corrected chi connectivity index (χ0v) is 27.1. The Morgan fingerprint density at radius 2 is 1.77 bits per heavy atom. The van der Waals surface area contributed by atoms with E-state index in [4.69, 9.17) is 28.0 Å². The molecule has 3 aliphatic rings. The maximum absolute atomic E-state index is 14.5. The normalized spacial score (nSPS) is 25.6. The molecule has 0 amide bonds. The van der Waals surface area contributed by atoms with Crippen molar-refractivity contribution in [1.29, 1.82) is 0 Å². The monoisotopic (exact) mass is 682 g/mol. The minimum absolute atomic E-state index is 0.0308. The molecule has 0 radical (unpaired) electrons. The molecule has 6 rings (SSSR count). The average Bonchev–Trinajstić information content (AvgIpc) is 3.75. The van der Waals surface area contributed by atoms with E-state index < -0.39 is 67.1 Å². The van der Waals surface area contributed by atoms with Gasteiger partial charge >= 0.3 is 19.4 Å². The van der Waals surface area contributed by atoms with Crippen molar-refractivity contribution in [1.82, 2.24) is 14.6 Å². The Morgan fingerprint density at radius 1 is 1.08 bits per heavy atom. The summed E-state index contributed by atoms with van der Waals surface area (Å²) in [4.78, 5) is 43.1. The SMILES string of the molecule is CC(C)(NP(=O)(OC[C@@]1(N=[N+]=[N-])O[C@@H](n2ccc(=O)[nH]c2=O)[C@@H]2OC3(CCCC3)O[C@@H]21)Oc1ccccc1)C(=O)OCc1ccccc1. The van der Waals surface area contributed by atoms with Crippen LogP contribution in [0.15, 0.2) is 87.6 Å². The van der Waals surface area contributed by atoms with Gasteiger partial charge in [0.2, 0.25) is 5.72 Å². The number of hydrogen-bond acceptors (Lipinski definition) is 11. The van der Waals surface area contributed by atoms with E-state index in [0.717, 1.165) is 29.0 Å². The number of nitrogens with zero attached hydrogens (tertiary/aromatic N) is 4. The van der Waals surface area contributed by atoms with Crippen LogP contribution in [-0.2, 0) is 39.4 Å². The molecule has 0 bridgehead atoms. The van der Waals surface area contributed by atoms with Gasteiger partial charge in [-0.3, -0.25) is 23.7 Å². The van der Waals surface area contributed by atoms with Gasteiger partial charge in [0.05, 0.1) is 6.61 Å². The highest BCUT2D eigenvalue weighted by Gasteiger charge is 2.66. The van der Waals surface area contributed by atoms with Gasteiger partial charge < -0.3 is 23.5 Å². The molecule has 254 valence electrons. The number of hydrogen-bond donors (Lipinski definition) is 2. The number of fused-ring (bicyclic) bond motifs is 1. The first-order valence-electron chi connectivity index (χ1n) is 15.4. The van der Waals surface area contributed by atoms with Crippen LogP contribution >= 0.6 is 7.75 Å². The molecule has 3 fully saturated rings. The number of rotatable bonds is 12. The lowest BCUT2D eigenvalue weighted by Crippen LogP contribution is -2.49. The number of aromatic nitrogens is 2. The Bertz CT molecular complexity index is 1840. The van der Waals surface area contributed by atoms with Crippen LogP contribution in [0.1, 0.15) is 51.3 Å². The number of esters is 1. The molecular formula is C31H35N6O10P. The molecule has 1 spiro atoms. The van der Waals surface area contributed by atoms with Crippen LogP contribution in [0.25, 0.3) is 10.4 Å². The Hall–Kier alpha value is -4.27. The van der Waals surface area contributed by atoms with Gasteiger partial charge in [0, 0.05) is 30.0 Å². The minimum atomic E-state index is -4.54. The highest BCUT2D eigenvalue weighted by atomic mass is 31.2. The van der Waals surface area contributed by atoms with Gasteiger partial charge in [0.15, 0.2) is 12.0 Å². The Labute approximate surface area is 274 Å². The van der Waals surface area contributed by atoms with E-state index in [1.807, 2.05) is 18.2 Å². The summed E-state index contributed by atoms with van der Waals surface area (Å²) in [6.45, 7) is 2.15. The summed E-state index contributed by atoms with van der Waals surface area (Å²) in [5, 5.41) is 6.61. The topological polar surface area (TPSA) is 205 Å². The summed E-state index contributed by atoms with van der Waals surface area (Å²) < 4.78 is 51.9. The van der Waals surface area contributed by atoms with Gasteiger partial charge in [0.25, 0.3) is 5.56 Å². The molecule has 3 aromatic rings. The zero-order valence-electron chi connectivity index (χ0n) is 26.2. The third-order valence-corrected chi connectivity index (χ3v) is 10.0. The van der Waals surface area contributed by atoms with Crippen LogP contribution < -0.4 is 20.9 Å². The van der Waals surface area contributed by atoms with E-state index in [0.29, 0.717) is 12.8 Å². The summed E-state index contributed by atoms with van der Waals surface area (Å²) in [5.41, 5.74) is 5.40. The van der Waals surface area contributed by atoms with Crippen LogP contribution in [0.5, 0.6) is 5.75 Å². The molecular weight excluding hydrogens is 647 g/mol. The highest BCUT2D eigenvalue weighted by molar-refractivity contribution is 7.52. The van der Waals surface area contributed by atoms with E-state index in [2.05, 4.69) is 20.1 Å². The molecule has 1 aromatic heterocycles. The minimum Gasteiger partial charge on any atom is -0.459 e. The van der Waals surface area contributed by atoms with Gasteiger partial charge in [-0.25, -0.2) is 9.36 Å². The van der Waals surface area contributed by atoms with Crippen molar-refractivity contribution in [2.75, 3.05) is 6.61 Å². The van der Waals surface area contributed by atoms with Gasteiger partial charge in [-0.2, -0.15) is 5.09 Å². The lowest BCUT2D eigenvalue weighted by molar-refractivity contribution is -0.237. The van der Waals surface area contributed by atoms with Crippen molar-refractivity contribution in [3.8, 4) is 5.75 Å². The Morgan fingerprint density at radius 3 is 2.44 bits per heavy atom. The van der Waals surface area contributed by atoms with E-state index >= 15 is 0 Å². The number of H-pyrrole nitrogens is 1. The van der Waals surface area contributed by atoms with Gasteiger partial charge in [0.1, 0.15) is 30.1 Å². The lowest BCUT2D eigenvalue weighted by atomic mass is 10.1. The molecule has 2 N–H and O–H groups in total. The summed E-state index contributed by atoms with van der Waals surface area (Å²) >= 11 is 0. The second-order valence-corrected chi connectivity index (χ2v) is 13.9. The molecule has 16 nitrogen and oxygen atoms in total. The summed E-state index contributed by atoms with van der Waals surface area (Å²) in [5.74, 6) is -1.64. The Kier molecular flexibility index (Phi) is 9.33. The summed E-state index contributed by atoms with van der Waals surface area (Å²) in [6.07, 6.45) is 0.570. The first-order chi connectivity index (χ1) is 23.0. The molecule has 1 unspecified atom stereocenters. The molecule has 2 aromatic carbocycles. The fourth-order valence-electron chi connectivity index (χ4n) is 6.00. The van der Waals surface area contributed by atoms with Crippen molar-refractivity contribution in [3.63, 3.8) is 0 Å². The number of benzene rings is 2. The van der Waals surface area contributed by atoms with E-state index in [-0.39, 0.29) is 12.4 Å². The third-order valence-electron chi connectivity index (χ3n) is 8.30. The van der Waals surface area contributed by atoms with Crippen LogP contribution in [-0.4, -0.2) is 51.4 Å². The predicted octanol–water partition coefficient (Wildman–Crippen LogP) is 4.44. The Balaban J connectivity index is 1.30. The van der Waals surface area contributed by atoms with Crippen molar-refractivity contribution >= 4 is 13.7 Å². The number of nitrogens with one attached hydrogen (secondary N) is 2. The molecule has 2 aliphatic heterocycles. The third kappa shape index (κ3) is 6.96. The molecule has 1 aliphatic carbocycles. The molecule has 2 saturated heterocycles. The molecule has 1 saturated carbocycles. The fraction of sp³-hybridized carbons (Fsp3) is 0.452. The first kappa shape index (κ1) is 33.6. The lowest BCUT2D eigenvalue weighted by Gasteiger charge is -2.34. The number of aromatic amines is 1. The predicted molar refractivity (Wildman–Crippen MR) is 168 cm³/mol. The van der Waals surface area contributed by atoms with E-state index in [9.17, 15) is 24.5 Å².